The number of quaternary nitrogens is 1. The number of hydrogen-bond donors (Lipinski definition) is 1. The molecule has 1 N–H and O–H groups in total. The second kappa shape index (κ2) is 28.2. The van der Waals surface area contributed by atoms with E-state index in [0.29, 0.717) is 23.9 Å². The highest BCUT2D eigenvalue weighted by molar-refractivity contribution is 7.47. The summed E-state index contributed by atoms with van der Waals surface area (Å²) in [7, 11) is 1.43. The molecule has 0 saturated heterocycles. The maximum atomic E-state index is 12.8. The molecule has 1 rings (SSSR count). The molecule has 0 aromatic heterocycles. The molecule has 0 spiro atoms. The zero-order valence-electron chi connectivity index (χ0n) is 32.7. The van der Waals surface area contributed by atoms with Crippen LogP contribution in [0.5, 0.6) is 0 Å². The number of unbranched alkanes of at least 4 members (excludes halogenated alkanes) is 18. The highest BCUT2D eigenvalue weighted by Gasteiger charge is 2.38. The number of likely N-dealkylation sites (N-methyl/N-ethyl adjacent to an activating group) is 1. The lowest BCUT2D eigenvalue weighted by atomic mass is 9.98. The quantitative estimate of drug-likeness (QED) is 0.0291. The fourth-order valence-electron chi connectivity index (χ4n) is 5.83. The van der Waals surface area contributed by atoms with E-state index in [-0.39, 0.29) is 37.7 Å². The Labute approximate surface area is 305 Å². The minimum absolute atomic E-state index is 0.0204. The third kappa shape index (κ3) is 28.2. The molecule has 1 unspecified atom stereocenters. The van der Waals surface area contributed by atoms with Gasteiger partial charge in [-0.2, -0.15) is 10.2 Å². The van der Waals surface area contributed by atoms with Crippen LogP contribution in [0.4, 0.5) is 0 Å². The Balaban J connectivity index is 2.39. The molecule has 11 nitrogen and oxygen atoms in total. The third-order valence-corrected chi connectivity index (χ3v) is 10.2. The molecule has 1 heterocycles. The molecule has 2 atom stereocenters. The first-order valence-corrected chi connectivity index (χ1v) is 21.6. The van der Waals surface area contributed by atoms with Crippen LogP contribution in [-0.2, 0) is 32.7 Å². The fraction of sp³-hybridized carbons (Fsp3) is 0.947. The van der Waals surface area contributed by atoms with Crippen LogP contribution in [0.3, 0.4) is 0 Å². The molecular formula is C38H75N3O8P+. The largest absolute Gasteiger partial charge is 0.472 e. The molecule has 0 aliphatic carbocycles. The van der Waals surface area contributed by atoms with Gasteiger partial charge in [0.1, 0.15) is 19.8 Å². The molecule has 50 heavy (non-hydrogen) atoms. The van der Waals surface area contributed by atoms with Gasteiger partial charge in [-0.25, -0.2) is 4.57 Å². The van der Waals surface area contributed by atoms with Crippen molar-refractivity contribution in [2.75, 3.05) is 47.5 Å². The van der Waals surface area contributed by atoms with E-state index in [1.54, 1.807) is 0 Å². The monoisotopic (exact) mass is 733 g/mol. The standard InChI is InChI=1S/C38H74N3O8P/c1-6-8-10-12-14-15-16-17-18-19-20-22-24-27-36(42)46-33-35(34-48-50(44,45)47-32-31-41(3,4)5)49-37(43)28-26-30-38(39-40-38)29-25-23-21-13-11-9-7-2/h35H,6-34H2,1-5H3/p+1/t35-/m1/s1. The average Bonchev–Trinajstić information content (AvgIpc) is 3.82. The third-order valence-electron chi connectivity index (χ3n) is 9.17. The number of carbonyl (C=O) groups is 2. The Bertz CT molecular complexity index is 953. The number of esters is 2. The van der Waals surface area contributed by atoms with Gasteiger partial charge in [-0.05, 0) is 32.1 Å². The van der Waals surface area contributed by atoms with Gasteiger partial charge in [0.2, 0.25) is 0 Å². The summed E-state index contributed by atoms with van der Waals surface area (Å²) in [5.41, 5.74) is -0.359. The summed E-state index contributed by atoms with van der Waals surface area (Å²) in [6.45, 7) is 4.31. The number of nitrogens with zero attached hydrogens (tertiary/aromatic N) is 3. The summed E-state index contributed by atoms with van der Waals surface area (Å²) in [5, 5.41) is 8.54. The summed E-state index contributed by atoms with van der Waals surface area (Å²) in [6.07, 6.45) is 26.0. The first-order chi connectivity index (χ1) is 23.9. The van der Waals surface area contributed by atoms with E-state index in [2.05, 4.69) is 24.1 Å². The molecule has 0 fully saturated rings. The Morgan fingerprint density at radius 3 is 1.60 bits per heavy atom. The van der Waals surface area contributed by atoms with Gasteiger partial charge in [-0.1, -0.05) is 129 Å². The molecular weight excluding hydrogens is 657 g/mol. The number of phosphoric ester groups is 1. The van der Waals surface area contributed by atoms with Gasteiger partial charge >= 0.3 is 19.8 Å². The Kier molecular flexibility index (Phi) is 26.3. The van der Waals surface area contributed by atoms with Gasteiger partial charge < -0.3 is 18.9 Å². The Hall–Kier alpha value is -1.39. The van der Waals surface area contributed by atoms with Crippen LogP contribution >= 0.6 is 7.82 Å². The smallest absolute Gasteiger partial charge is 0.462 e. The lowest BCUT2D eigenvalue weighted by molar-refractivity contribution is -0.870. The van der Waals surface area contributed by atoms with Crippen LogP contribution in [-0.4, -0.2) is 80.6 Å². The second-order valence-electron chi connectivity index (χ2n) is 15.3. The molecule has 12 heteroatoms. The molecule has 0 amide bonds. The molecule has 0 aromatic carbocycles. The number of phosphoric acid groups is 1. The van der Waals surface area contributed by atoms with Crippen molar-refractivity contribution in [1.82, 2.24) is 0 Å². The van der Waals surface area contributed by atoms with E-state index in [4.69, 9.17) is 18.5 Å². The minimum atomic E-state index is -4.39. The predicted molar refractivity (Wildman–Crippen MR) is 200 cm³/mol. The zero-order chi connectivity index (χ0) is 37.0. The van der Waals surface area contributed by atoms with Crippen molar-refractivity contribution in [3.8, 4) is 0 Å². The first-order valence-electron chi connectivity index (χ1n) is 20.1. The lowest BCUT2D eigenvalue weighted by Crippen LogP contribution is -2.37. The molecule has 0 saturated carbocycles. The van der Waals surface area contributed by atoms with Gasteiger partial charge in [-0.3, -0.25) is 18.6 Å². The van der Waals surface area contributed by atoms with Crippen molar-refractivity contribution in [1.29, 1.82) is 0 Å². The number of hydrogen-bond acceptors (Lipinski definition) is 9. The summed E-state index contributed by atoms with van der Waals surface area (Å²) >= 11 is 0. The maximum absolute atomic E-state index is 12.8. The van der Waals surface area contributed by atoms with Crippen molar-refractivity contribution < 1.29 is 42.1 Å². The average molecular weight is 733 g/mol. The van der Waals surface area contributed by atoms with E-state index >= 15 is 0 Å². The van der Waals surface area contributed by atoms with Crippen molar-refractivity contribution in [3.05, 3.63) is 0 Å². The fourth-order valence-corrected chi connectivity index (χ4v) is 6.57. The van der Waals surface area contributed by atoms with E-state index in [0.717, 1.165) is 32.1 Å². The SMILES string of the molecule is CCCCCCCCCCCCCCCC(=O)OC[C@H](COP(=O)(O)OCC[N+](C)(C)C)OC(=O)CCCC1(CCCCCCCCC)N=N1. The highest BCUT2D eigenvalue weighted by atomic mass is 31.2. The van der Waals surface area contributed by atoms with Crippen LogP contribution in [0, 0.1) is 0 Å². The molecule has 0 radical (unpaired) electrons. The lowest BCUT2D eigenvalue weighted by Gasteiger charge is -2.24. The van der Waals surface area contributed by atoms with Gasteiger partial charge in [0.05, 0.1) is 27.7 Å². The van der Waals surface area contributed by atoms with Crippen LogP contribution in [0.25, 0.3) is 0 Å². The molecule has 1 aliphatic rings. The highest BCUT2D eigenvalue weighted by Crippen LogP contribution is 2.43. The van der Waals surface area contributed by atoms with Crippen molar-refractivity contribution in [2.45, 2.75) is 186 Å². The van der Waals surface area contributed by atoms with Gasteiger partial charge in [-0.15, -0.1) is 0 Å². The van der Waals surface area contributed by atoms with Gasteiger partial charge in [0.25, 0.3) is 0 Å². The number of rotatable bonds is 36. The predicted octanol–water partition coefficient (Wildman–Crippen LogP) is 10.2. The van der Waals surface area contributed by atoms with Crippen molar-refractivity contribution in [2.24, 2.45) is 10.2 Å². The molecule has 0 aromatic rings. The van der Waals surface area contributed by atoms with Crippen molar-refractivity contribution >= 4 is 19.8 Å². The summed E-state index contributed by atoms with van der Waals surface area (Å²) in [5.74, 6) is -0.874. The van der Waals surface area contributed by atoms with E-state index in [9.17, 15) is 19.0 Å². The minimum Gasteiger partial charge on any atom is -0.462 e. The van der Waals surface area contributed by atoms with Crippen LogP contribution < -0.4 is 0 Å². The van der Waals surface area contributed by atoms with E-state index in [1.165, 1.54) is 103 Å². The Morgan fingerprint density at radius 2 is 1.10 bits per heavy atom. The van der Waals surface area contributed by atoms with Crippen molar-refractivity contribution in [3.63, 3.8) is 0 Å². The van der Waals surface area contributed by atoms with E-state index in [1.807, 2.05) is 21.1 Å². The first kappa shape index (κ1) is 46.6. The summed E-state index contributed by atoms with van der Waals surface area (Å²) in [4.78, 5) is 35.4. The molecule has 1 aliphatic heterocycles. The second-order valence-corrected chi connectivity index (χ2v) is 16.8. The molecule has 0 bridgehead atoms. The Morgan fingerprint density at radius 1 is 0.640 bits per heavy atom. The summed E-state index contributed by atoms with van der Waals surface area (Å²) in [6, 6.07) is 0. The van der Waals surface area contributed by atoms with Crippen LogP contribution in [0.2, 0.25) is 0 Å². The number of ether oxygens (including phenoxy) is 2. The molecule has 294 valence electrons. The summed E-state index contributed by atoms with van der Waals surface area (Å²) < 4.78 is 34.3. The number of carbonyl (C=O) groups excluding carboxylic acids is 2. The zero-order valence-corrected chi connectivity index (χ0v) is 33.6. The van der Waals surface area contributed by atoms with Gasteiger partial charge in [0, 0.05) is 12.8 Å². The normalized spacial score (nSPS) is 15.5. The van der Waals surface area contributed by atoms with Gasteiger partial charge in [0.15, 0.2) is 11.8 Å². The topological polar surface area (TPSA) is 133 Å². The van der Waals surface area contributed by atoms with Crippen LogP contribution in [0.15, 0.2) is 10.2 Å². The van der Waals surface area contributed by atoms with E-state index < -0.39 is 26.5 Å². The maximum Gasteiger partial charge on any atom is 0.472 e. The van der Waals surface area contributed by atoms with Crippen LogP contribution in [0.1, 0.15) is 174 Å².